The number of thioether (sulfide) groups is 1. The molecule has 0 spiro atoms. The molecule has 1 rings (SSSR count). The lowest BCUT2D eigenvalue weighted by Crippen LogP contribution is -2.14. The van der Waals surface area contributed by atoms with Gasteiger partial charge >= 0.3 is 0 Å². The zero-order valence-corrected chi connectivity index (χ0v) is 11.5. The molecule has 1 atom stereocenters. The minimum Gasteiger partial charge on any atom is -0.396 e. The number of aryl methyl sites for hydroxylation is 2. The van der Waals surface area contributed by atoms with Crippen molar-refractivity contribution in [1.29, 1.82) is 0 Å². The fourth-order valence-electron chi connectivity index (χ4n) is 1.53. The molecule has 0 heterocycles. The highest BCUT2D eigenvalue weighted by molar-refractivity contribution is 8.00. The second kappa shape index (κ2) is 6.82. The first-order valence-corrected chi connectivity index (χ1v) is 6.95. The van der Waals surface area contributed by atoms with Crippen molar-refractivity contribution >= 4 is 17.5 Å². The average molecular weight is 252 g/mol. The van der Waals surface area contributed by atoms with Crippen molar-refractivity contribution in [3.05, 3.63) is 34.9 Å². The maximum absolute atomic E-state index is 12.1. The first-order chi connectivity index (χ1) is 8.06. The molecule has 17 heavy (non-hydrogen) atoms. The lowest BCUT2D eigenvalue weighted by molar-refractivity contribution is 0.0994. The number of hydrogen-bond donors (Lipinski definition) is 1. The van der Waals surface area contributed by atoms with Gasteiger partial charge < -0.3 is 5.11 Å². The van der Waals surface area contributed by atoms with Crippen molar-refractivity contribution in [3.63, 3.8) is 0 Å². The summed E-state index contributed by atoms with van der Waals surface area (Å²) in [6, 6.07) is 5.85. The topological polar surface area (TPSA) is 37.3 Å². The van der Waals surface area contributed by atoms with Gasteiger partial charge in [0.15, 0.2) is 5.78 Å². The Labute approximate surface area is 107 Å². The van der Waals surface area contributed by atoms with Gasteiger partial charge in [-0.25, -0.2) is 0 Å². The van der Waals surface area contributed by atoms with Crippen LogP contribution in [0.2, 0.25) is 0 Å². The van der Waals surface area contributed by atoms with E-state index < -0.39 is 0 Å². The third-order valence-electron chi connectivity index (χ3n) is 2.83. The molecule has 0 bridgehead atoms. The predicted octanol–water partition coefficient (Wildman–Crippen LogP) is 2.99. The molecule has 0 fully saturated rings. The van der Waals surface area contributed by atoms with E-state index >= 15 is 0 Å². The Morgan fingerprint density at radius 2 is 2.06 bits per heavy atom. The highest BCUT2D eigenvalue weighted by Crippen LogP contribution is 2.19. The third-order valence-corrected chi connectivity index (χ3v) is 4.07. The standard InChI is InChI=1S/C14H20O2S/c1-10-5-6-13(9-11(10)2)14(16)12(3)17-8-4-7-15/h5-6,9,12,15H,4,7-8H2,1-3H3. The SMILES string of the molecule is Cc1ccc(C(=O)C(C)SCCCO)cc1C. The lowest BCUT2D eigenvalue weighted by atomic mass is 10.0. The van der Waals surface area contributed by atoms with Gasteiger partial charge in [0.2, 0.25) is 0 Å². The quantitative estimate of drug-likeness (QED) is 0.624. The van der Waals surface area contributed by atoms with E-state index in [1.165, 1.54) is 5.56 Å². The molecule has 0 radical (unpaired) electrons. The Morgan fingerprint density at radius 1 is 1.35 bits per heavy atom. The van der Waals surface area contributed by atoms with Crippen molar-refractivity contribution in [1.82, 2.24) is 0 Å². The molecule has 1 aromatic carbocycles. The van der Waals surface area contributed by atoms with Crippen LogP contribution in [-0.4, -0.2) is 28.5 Å². The Bertz CT molecular complexity index is 388. The van der Waals surface area contributed by atoms with Crippen molar-refractivity contribution in [2.45, 2.75) is 32.4 Å². The highest BCUT2D eigenvalue weighted by Gasteiger charge is 2.15. The van der Waals surface area contributed by atoms with Gasteiger partial charge in [-0.2, -0.15) is 11.8 Å². The number of hydrogen-bond acceptors (Lipinski definition) is 3. The first-order valence-electron chi connectivity index (χ1n) is 5.90. The Balaban J connectivity index is 2.65. The van der Waals surface area contributed by atoms with Crippen LogP contribution in [0.4, 0.5) is 0 Å². The van der Waals surface area contributed by atoms with Gasteiger partial charge in [0.05, 0.1) is 5.25 Å². The van der Waals surface area contributed by atoms with Crippen LogP contribution in [0.5, 0.6) is 0 Å². The van der Waals surface area contributed by atoms with Gasteiger partial charge in [-0.15, -0.1) is 0 Å². The molecular weight excluding hydrogens is 232 g/mol. The number of rotatable bonds is 6. The van der Waals surface area contributed by atoms with E-state index in [4.69, 9.17) is 5.11 Å². The number of ketones is 1. The summed E-state index contributed by atoms with van der Waals surface area (Å²) in [5, 5.41) is 8.67. The number of benzene rings is 1. The summed E-state index contributed by atoms with van der Waals surface area (Å²) in [7, 11) is 0. The molecule has 0 aliphatic carbocycles. The van der Waals surface area contributed by atoms with E-state index in [1.807, 2.05) is 39.0 Å². The molecule has 0 aliphatic heterocycles. The normalized spacial score (nSPS) is 12.5. The Kier molecular flexibility index (Phi) is 5.72. The van der Waals surface area contributed by atoms with Crippen LogP contribution in [0.1, 0.15) is 34.8 Å². The summed E-state index contributed by atoms with van der Waals surface area (Å²) < 4.78 is 0. The molecule has 1 aromatic rings. The summed E-state index contributed by atoms with van der Waals surface area (Å²) in [6.07, 6.45) is 0.745. The van der Waals surface area contributed by atoms with E-state index in [9.17, 15) is 4.79 Å². The van der Waals surface area contributed by atoms with Gasteiger partial charge in [-0.1, -0.05) is 12.1 Å². The summed E-state index contributed by atoms with van der Waals surface area (Å²) in [5.74, 6) is 1.00. The summed E-state index contributed by atoms with van der Waals surface area (Å²) >= 11 is 1.60. The molecule has 0 saturated heterocycles. The molecule has 1 unspecified atom stereocenters. The van der Waals surface area contributed by atoms with Gasteiger partial charge in [0.1, 0.15) is 0 Å². The van der Waals surface area contributed by atoms with Gasteiger partial charge in [-0.3, -0.25) is 4.79 Å². The number of aliphatic hydroxyl groups is 1. The molecule has 0 amide bonds. The second-order valence-corrected chi connectivity index (χ2v) is 5.70. The highest BCUT2D eigenvalue weighted by atomic mass is 32.2. The molecule has 0 aromatic heterocycles. The molecule has 0 saturated carbocycles. The molecule has 0 aliphatic rings. The molecule has 3 heteroatoms. The van der Waals surface area contributed by atoms with Crippen LogP contribution in [0.3, 0.4) is 0 Å². The number of carbonyl (C=O) groups is 1. The Morgan fingerprint density at radius 3 is 2.65 bits per heavy atom. The predicted molar refractivity (Wildman–Crippen MR) is 73.9 cm³/mol. The van der Waals surface area contributed by atoms with Crippen molar-refractivity contribution in [2.24, 2.45) is 0 Å². The average Bonchev–Trinajstić information content (AvgIpc) is 2.32. The van der Waals surface area contributed by atoms with Crippen LogP contribution in [0, 0.1) is 13.8 Å². The number of Topliss-reactive ketones (excluding diaryl/α,β-unsaturated/α-hetero) is 1. The van der Waals surface area contributed by atoms with Crippen molar-refractivity contribution in [2.75, 3.05) is 12.4 Å². The van der Waals surface area contributed by atoms with E-state index in [2.05, 4.69) is 0 Å². The Hall–Kier alpha value is -0.800. The fraction of sp³-hybridized carbons (Fsp3) is 0.500. The zero-order chi connectivity index (χ0) is 12.8. The van der Waals surface area contributed by atoms with Gasteiger partial charge in [0, 0.05) is 12.2 Å². The first kappa shape index (κ1) is 14.3. The summed E-state index contributed by atoms with van der Waals surface area (Å²) in [6.45, 7) is 6.19. The molecular formula is C14H20O2S. The van der Waals surface area contributed by atoms with Gasteiger partial charge in [-0.05, 0) is 50.1 Å². The van der Waals surface area contributed by atoms with Crippen LogP contribution in [0.25, 0.3) is 0 Å². The zero-order valence-electron chi connectivity index (χ0n) is 10.7. The monoisotopic (exact) mass is 252 g/mol. The largest absolute Gasteiger partial charge is 0.396 e. The minimum absolute atomic E-state index is 0.0383. The number of aliphatic hydroxyl groups excluding tert-OH is 1. The van der Waals surface area contributed by atoms with E-state index in [-0.39, 0.29) is 17.6 Å². The fourth-order valence-corrected chi connectivity index (χ4v) is 2.47. The van der Waals surface area contributed by atoms with Crippen LogP contribution in [-0.2, 0) is 0 Å². The number of carbonyl (C=O) groups excluding carboxylic acids is 1. The summed E-state index contributed by atoms with van der Waals surface area (Å²) in [5.41, 5.74) is 3.16. The van der Waals surface area contributed by atoms with E-state index in [0.29, 0.717) is 0 Å². The molecule has 2 nitrogen and oxygen atoms in total. The van der Waals surface area contributed by atoms with Crippen LogP contribution < -0.4 is 0 Å². The lowest BCUT2D eigenvalue weighted by Gasteiger charge is -2.11. The minimum atomic E-state index is -0.0383. The molecule has 1 N–H and O–H groups in total. The third kappa shape index (κ3) is 4.17. The van der Waals surface area contributed by atoms with E-state index in [1.54, 1.807) is 11.8 Å². The smallest absolute Gasteiger partial charge is 0.175 e. The van der Waals surface area contributed by atoms with Crippen molar-refractivity contribution in [3.8, 4) is 0 Å². The second-order valence-electron chi connectivity index (χ2n) is 4.25. The summed E-state index contributed by atoms with van der Waals surface area (Å²) in [4.78, 5) is 12.1. The molecule has 94 valence electrons. The maximum Gasteiger partial charge on any atom is 0.175 e. The van der Waals surface area contributed by atoms with Crippen LogP contribution in [0.15, 0.2) is 18.2 Å². The van der Waals surface area contributed by atoms with Crippen LogP contribution >= 0.6 is 11.8 Å². The van der Waals surface area contributed by atoms with E-state index in [0.717, 1.165) is 23.3 Å². The van der Waals surface area contributed by atoms with Gasteiger partial charge in [0.25, 0.3) is 0 Å². The van der Waals surface area contributed by atoms with Crippen molar-refractivity contribution < 1.29 is 9.90 Å². The maximum atomic E-state index is 12.1.